The molecule has 0 spiro atoms. The maximum atomic E-state index is 11.8. The summed E-state index contributed by atoms with van der Waals surface area (Å²) in [6.07, 6.45) is 1.92. The minimum atomic E-state index is -0.202. The third-order valence-corrected chi connectivity index (χ3v) is 3.55. The lowest BCUT2D eigenvalue weighted by molar-refractivity contribution is 0.213. The summed E-state index contributed by atoms with van der Waals surface area (Å²) < 4.78 is 0. The molecule has 6 heteroatoms. The number of hydrogen-bond donors (Lipinski definition) is 4. The van der Waals surface area contributed by atoms with Crippen molar-refractivity contribution in [2.45, 2.75) is 25.4 Å². The maximum Gasteiger partial charge on any atom is 0.315 e. The first-order valence-corrected chi connectivity index (χ1v) is 6.78. The van der Waals surface area contributed by atoms with Gasteiger partial charge in [0.15, 0.2) is 11.5 Å². The average molecular weight is 279 g/mol. The monoisotopic (exact) mass is 279 g/mol. The number of phenolic OH excluding ortho intramolecular Hbond substituents is 2. The molecule has 6 nitrogen and oxygen atoms in total. The Balaban J connectivity index is 1.76. The van der Waals surface area contributed by atoms with Crippen molar-refractivity contribution in [2.24, 2.45) is 0 Å². The van der Waals surface area contributed by atoms with Crippen molar-refractivity contribution in [1.29, 1.82) is 0 Å². The SMILES string of the molecule is CN1CCC(NC(=O)NCc2ccc(O)c(O)c2)CC1. The number of piperidine rings is 1. The van der Waals surface area contributed by atoms with E-state index in [9.17, 15) is 15.0 Å². The van der Waals surface area contributed by atoms with Gasteiger partial charge in [0.2, 0.25) is 0 Å². The van der Waals surface area contributed by atoms with Crippen molar-refractivity contribution in [3.8, 4) is 11.5 Å². The lowest BCUT2D eigenvalue weighted by Gasteiger charge is -2.29. The summed E-state index contributed by atoms with van der Waals surface area (Å²) in [5.41, 5.74) is 0.735. The number of carbonyl (C=O) groups excluding carboxylic acids is 1. The second kappa shape index (κ2) is 6.47. The fourth-order valence-electron chi connectivity index (χ4n) is 2.25. The van der Waals surface area contributed by atoms with Crippen LogP contribution >= 0.6 is 0 Å². The van der Waals surface area contributed by atoms with Crippen molar-refractivity contribution in [3.05, 3.63) is 23.8 Å². The highest BCUT2D eigenvalue weighted by Gasteiger charge is 2.18. The highest BCUT2D eigenvalue weighted by atomic mass is 16.3. The summed E-state index contributed by atoms with van der Waals surface area (Å²) in [6.45, 7) is 2.31. The smallest absolute Gasteiger partial charge is 0.315 e. The van der Waals surface area contributed by atoms with Crippen LogP contribution in [0.3, 0.4) is 0 Å². The number of amides is 2. The molecule has 1 aromatic carbocycles. The minimum absolute atomic E-state index is 0.162. The number of likely N-dealkylation sites (tertiary alicyclic amines) is 1. The molecule has 1 heterocycles. The van der Waals surface area contributed by atoms with Crippen LogP contribution in [-0.4, -0.2) is 47.3 Å². The van der Waals surface area contributed by atoms with Crippen molar-refractivity contribution in [3.63, 3.8) is 0 Å². The van der Waals surface area contributed by atoms with Gasteiger partial charge in [-0.25, -0.2) is 4.79 Å². The van der Waals surface area contributed by atoms with Crippen LogP contribution in [0.4, 0.5) is 4.79 Å². The molecule has 1 aliphatic heterocycles. The van der Waals surface area contributed by atoms with E-state index in [0.29, 0.717) is 6.54 Å². The topological polar surface area (TPSA) is 84.8 Å². The molecule has 1 aliphatic rings. The van der Waals surface area contributed by atoms with E-state index in [0.717, 1.165) is 31.5 Å². The normalized spacial score (nSPS) is 16.9. The van der Waals surface area contributed by atoms with Gasteiger partial charge in [0.05, 0.1) is 0 Å². The van der Waals surface area contributed by atoms with Crippen LogP contribution in [0.2, 0.25) is 0 Å². The van der Waals surface area contributed by atoms with Crippen molar-refractivity contribution in [2.75, 3.05) is 20.1 Å². The molecule has 20 heavy (non-hydrogen) atoms. The van der Waals surface area contributed by atoms with Crippen LogP contribution in [0.15, 0.2) is 18.2 Å². The van der Waals surface area contributed by atoms with Gasteiger partial charge in [0, 0.05) is 12.6 Å². The number of nitrogens with zero attached hydrogens (tertiary/aromatic N) is 1. The minimum Gasteiger partial charge on any atom is -0.504 e. The molecule has 2 rings (SSSR count). The summed E-state index contributed by atoms with van der Waals surface area (Å²) in [7, 11) is 2.08. The molecule has 0 aliphatic carbocycles. The zero-order valence-corrected chi connectivity index (χ0v) is 11.6. The van der Waals surface area contributed by atoms with Gasteiger partial charge in [0.25, 0.3) is 0 Å². The standard InChI is InChI=1S/C14H21N3O3/c1-17-6-4-11(5-7-17)16-14(20)15-9-10-2-3-12(18)13(19)8-10/h2-3,8,11,18-19H,4-7,9H2,1H3,(H2,15,16,20). The van der Waals surface area contributed by atoms with E-state index in [1.54, 1.807) is 6.07 Å². The Kier molecular flexibility index (Phi) is 4.68. The van der Waals surface area contributed by atoms with Gasteiger partial charge in [-0.05, 0) is 50.7 Å². The van der Waals surface area contributed by atoms with Crippen molar-refractivity contribution < 1.29 is 15.0 Å². The summed E-state index contributed by atoms with van der Waals surface area (Å²) >= 11 is 0. The zero-order valence-electron chi connectivity index (χ0n) is 11.6. The van der Waals surface area contributed by atoms with Crippen LogP contribution in [0.1, 0.15) is 18.4 Å². The molecular formula is C14H21N3O3. The maximum absolute atomic E-state index is 11.8. The van der Waals surface area contributed by atoms with E-state index >= 15 is 0 Å². The van der Waals surface area contributed by atoms with Crippen LogP contribution < -0.4 is 10.6 Å². The molecule has 0 aromatic heterocycles. The molecule has 0 radical (unpaired) electrons. The van der Waals surface area contributed by atoms with Gasteiger partial charge >= 0.3 is 6.03 Å². The molecule has 0 atom stereocenters. The number of carbonyl (C=O) groups is 1. The van der Waals surface area contributed by atoms with E-state index in [-0.39, 0.29) is 23.6 Å². The third kappa shape index (κ3) is 4.03. The zero-order chi connectivity index (χ0) is 14.5. The lowest BCUT2D eigenvalue weighted by Crippen LogP contribution is -2.46. The fraction of sp³-hybridized carbons (Fsp3) is 0.500. The van der Waals surface area contributed by atoms with Crippen LogP contribution in [0.5, 0.6) is 11.5 Å². The summed E-state index contributed by atoms with van der Waals surface area (Å²) in [5.74, 6) is -0.343. The molecule has 1 aromatic rings. The number of benzene rings is 1. The number of rotatable bonds is 3. The molecule has 0 saturated carbocycles. The Bertz CT molecular complexity index is 471. The first kappa shape index (κ1) is 14.5. The largest absolute Gasteiger partial charge is 0.504 e. The third-order valence-electron chi connectivity index (χ3n) is 3.55. The van der Waals surface area contributed by atoms with E-state index < -0.39 is 0 Å². The van der Waals surface area contributed by atoms with Gasteiger partial charge in [-0.1, -0.05) is 6.07 Å². The predicted molar refractivity (Wildman–Crippen MR) is 75.7 cm³/mol. The molecule has 1 saturated heterocycles. The molecule has 4 N–H and O–H groups in total. The lowest BCUT2D eigenvalue weighted by atomic mass is 10.1. The van der Waals surface area contributed by atoms with Gasteiger partial charge < -0.3 is 25.7 Å². The molecule has 0 bridgehead atoms. The highest BCUT2D eigenvalue weighted by Crippen LogP contribution is 2.24. The number of aromatic hydroxyl groups is 2. The van der Waals surface area contributed by atoms with Crippen molar-refractivity contribution in [1.82, 2.24) is 15.5 Å². The molecule has 1 fully saturated rings. The molecule has 2 amide bonds. The molecule has 0 unspecified atom stereocenters. The molecule has 110 valence electrons. The fourth-order valence-corrected chi connectivity index (χ4v) is 2.25. The predicted octanol–water partition coefficient (Wildman–Crippen LogP) is 0.991. The van der Waals surface area contributed by atoms with Gasteiger partial charge in [0.1, 0.15) is 0 Å². The number of phenols is 2. The van der Waals surface area contributed by atoms with E-state index in [1.165, 1.54) is 12.1 Å². The Hall–Kier alpha value is -1.95. The number of nitrogens with one attached hydrogen (secondary N) is 2. The number of urea groups is 1. The first-order chi connectivity index (χ1) is 9.54. The first-order valence-electron chi connectivity index (χ1n) is 6.78. The second-order valence-corrected chi connectivity index (χ2v) is 5.23. The Morgan fingerprint density at radius 1 is 1.30 bits per heavy atom. The van der Waals surface area contributed by atoms with Gasteiger partial charge in [-0.15, -0.1) is 0 Å². The van der Waals surface area contributed by atoms with E-state index in [2.05, 4.69) is 22.6 Å². The summed E-state index contributed by atoms with van der Waals surface area (Å²) in [4.78, 5) is 14.0. The Morgan fingerprint density at radius 3 is 2.65 bits per heavy atom. The van der Waals surface area contributed by atoms with Crippen LogP contribution in [0, 0.1) is 0 Å². The van der Waals surface area contributed by atoms with E-state index in [4.69, 9.17) is 0 Å². The Labute approximate surface area is 118 Å². The molecular weight excluding hydrogens is 258 g/mol. The van der Waals surface area contributed by atoms with E-state index in [1.807, 2.05) is 0 Å². The quantitative estimate of drug-likeness (QED) is 0.622. The highest BCUT2D eigenvalue weighted by molar-refractivity contribution is 5.74. The van der Waals surface area contributed by atoms with Crippen LogP contribution in [-0.2, 0) is 6.54 Å². The van der Waals surface area contributed by atoms with Crippen molar-refractivity contribution >= 4 is 6.03 Å². The summed E-state index contributed by atoms with van der Waals surface area (Å²) in [6, 6.07) is 4.52. The summed E-state index contributed by atoms with van der Waals surface area (Å²) in [5, 5.41) is 24.3. The Morgan fingerprint density at radius 2 is 2.00 bits per heavy atom. The average Bonchev–Trinajstić information content (AvgIpc) is 2.43. The number of hydrogen-bond acceptors (Lipinski definition) is 4. The van der Waals surface area contributed by atoms with Gasteiger partial charge in [-0.3, -0.25) is 0 Å². The van der Waals surface area contributed by atoms with Gasteiger partial charge in [-0.2, -0.15) is 0 Å². The van der Waals surface area contributed by atoms with Crippen LogP contribution in [0.25, 0.3) is 0 Å². The second-order valence-electron chi connectivity index (χ2n) is 5.23.